The highest BCUT2D eigenvalue weighted by molar-refractivity contribution is 7.98. The molecule has 5 heteroatoms. The van der Waals surface area contributed by atoms with Gasteiger partial charge in [-0.1, -0.05) is 12.1 Å². The average molecular weight is 187 g/mol. The van der Waals surface area contributed by atoms with Gasteiger partial charge in [-0.05, 0) is 0 Å². The number of aryl methyl sites for hydroxylation is 1. The second-order valence-corrected chi connectivity index (χ2v) is 3.40. The standard InChI is InChI=1S/C7H13N3OS/c1-2-7-9-6(10-11-7)5-12-4-3-8/h2-5,8H2,1H3. The van der Waals surface area contributed by atoms with E-state index >= 15 is 0 Å². The van der Waals surface area contributed by atoms with E-state index in [0.717, 1.165) is 23.8 Å². The molecule has 1 aromatic heterocycles. The first kappa shape index (κ1) is 9.54. The molecule has 68 valence electrons. The second-order valence-electron chi connectivity index (χ2n) is 2.30. The van der Waals surface area contributed by atoms with Crippen LogP contribution in [0, 0.1) is 0 Å². The molecular formula is C7H13N3OS. The van der Waals surface area contributed by atoms with Gasteiger partial charge in [-0.3, -0.25) is 0 Å². The van der Waals surface area contributed by atoms with E-state index in [1.807, 2.05) is 6.92 Å². The highest BCUT2D eigenvalue weighted by atomic mass is 32.2. The van der Waals surface area contributed by atoms with Crippen LogP contribution in [0.4, 0.5) is 0 Å². The molecule has 0 atom stereocenters. The van der Waals surface area contributed by atoms with Crippen molar-refractivity contribution in [3.63, 3.8) is 0 Å². The molecule has 2 N–H and O–H groups in total. The van der Waals surface area contributed by atoms with Crippen molar-refractivity contribution in [2.45, 2.75) is 19.1 Å². The predicted octanol–water partition coefficient (Wildman–Crippen LogP) is 0.824. The minimum absolute atomic E-state index is 0.698. The Kier molecular flexibility index (Phi) is 4.10. The SMILES string of the molecule is CCc1nc(CSCCN)no1. The third-order valence-electron chi connectivity index (χ3n) is 1.31. The van der Waals surface area contributed by atoms with Gasteiger partial charge >= 0.3 is 0 Å². The number of nitrogens with two attached hydrogens (primary N) is 1. The van der Waals surface area contributed by atoms with Crippen LogP contribution in [0.25, 0.3) is 0 Å². The van der Waals surface area contributed by atoms with Crippen LogP contribution in [-0.4, -0.2) is 22.4 Å². The van der Waals surface area contributed by atoms with Gasteiger partial charge in [-0.2, -0.15) is 16.7 Å². The van der Waals surface area contributed by atoms with Crippen molar-refractivity contribution in [2.24, 2.45) is 5.73 Å². The second kappa shape index (κ2) is 5.16. The molecule has 0 aliphatic rings. The van der Waals surface area contributed by atoms with E-state index in [-0.39, 0.29) is 0 Å². The van der Waals surface area contributed by atoms with Gasteiger partial charge in [0.05, 0.1) is 5.75 Å². The molecule has 0 amide bonds. The lowest BCUT2D eigenvalue weighted by molar-refractivity contribution is 0.378. The molecule has 1 rings (SSSR count). The first-order valence-electron chi connectivity index (χ1n) is 3.96. The molecule has 0 spiro atoms. The molecule has 0 fully saturated rings. The molecule has 0 saturated heterocycles. The molecule has 0 bridgehead atoms. The Labute approximate surface area is 75.9 Å². The van der Waals surface area contributed by atoms with Crippen molar-refractivity contribution in [3.8, 4) is 0 Å². The Balaban J connectivity index is 2.31. The summed E-state index contributed by atoms with van der Waals surface area (Å²) in [5.41, 5.74) is 5.34. The fraction of sp³-hybridized carbons (Fsp3) is 0.714. The molecule has 12 heavy (non-hydrogen) atoms. The van der Waals surface area contributed by atoms with E-state index in [4.69, 9.17) is 10.3 Å². The molecule has 0 aliphatic heterocycles. The minimum atomic E-state index is 0.698. The van der Waals surface area contributed by atoms with Crippen LogP contribution in [0.3, 0.4) is 0 Å². The van der Waals surface area contributed by atoms with E-state index < -0.39 is 0 Å². The van der Waals surface area contributed by atoms with Gasteiger partial charge in [0.2, 0.25) is 5.89 Å². The van der Waals surface area contributed by atoms with Gasteiger partial charge < -0.3 is 10.3 Å². The first-order chi connectivity index (χ1) is 5.86. The predicted molar refractivity (Wildman–Crippen MR) is 48.9 cm³/mol. The number of hydrogen-bond donors (Lipinski definition) is 1. The third kappa shape index (κ3) is 2.83. The van der Waals surface area contributed by atoms with Crippen molar-refractivity contribution < 1.29 is 4.52 Å². The van der Waals surface area contributed by atoms with E-state index in [0.29, 0.717) is 12.4 Å². The Morgan fingerprint density at radius 3 is 3.00 bits per heavy atom. The van der Waals surface area contributed by atoms with Crippen LogP contribution in [0.5, 0.6) is 0 Å². The van der Waals surface area contributed by atoms with E-state index in [2.05, 4.69) is 10.1 Å². The quantitative estimate of drug-likeness (QED) is 0.691. The maximum atomic E-state index is 5.34. The molecule has 0 aromatic carbocycles. The van der Waals surface area contributed by atoms with Crippen molar-refractivity contribution in [1.82, 2.24) is 10.1 Å². The molecule has 0 aliphatic carbocycles. The van der Waals surface area contributed by atoms with Crippen LogP contribution >= 0.6 is 11.8 Å². The summed E-state index contributed by atoms with van der Waals surface area (Å²) in [5.74, 6) is 3.21. The number of hydrogen-bond acceptors (Lipinski definition) is 5. The summed E-state index contributed by atoms with van der Waals surface area (Å²) in [6, 6.07) is 0. The third-order valence-corrected chi connectivity index (χ3v) is 2.29. The van der Waals surface area contributed by atoms with Gasteiger partial charge in [-0.15, -0.1) is 0 Å². The normalized spacial score (nSPS) is 10.5. The maximum Gasteiger partial charge on any atom is 0.226 e. The Hall–Kier alpha value is -0.550. The van der Waals surface area contributed by atoms with Crippen LogP contribution in [0.1, 0.15) is 18.6 Å². The Bertz CT molecular complexity index is 226. The zero-order chi connectivity index (χ0) is 8.81. The summed E-state index contributed by atoms with van der Waals surface area (Å²) >= 11 is 1.72. The molecule has 1 aromatic rings. The summed E-state index contributed by atoms with van der Waals surface area (Å²) < 4.78 is 4.94. The topological polar surface area (TPSA) is 64.9 Å². The summed E-state index contributed by atoms with van der Waals surface area (Å²) in [5, 5.41) is 3.81. The fourth-order valence-corrected chi connectivity index (χ4v) is 1.35. The van der Waals surface area contributed by atoms with Crippen molar-refractivity contribution in [2.75, 3.05) is 12.3 Å². The molecule has 0 unspecified atom stereocenters. The largest absolute Gasteiger partial charge is 0.339 e. The number of thioether (sulfide) groups is 1. The van der Waals surface area contributed by atoms with Crippen molar-refractivity contribution in [3.05, 3.63) is 11.7 Å². The maximum absolute atomic E-state index is 5.34. The van der Waals surface area contributed by atoms with E-state index in [9.17, 15) is 0 Å². The van der Waals surface area contributed by atoms with E-state index in [1.54, 1.807) is 11.8 Å². The lowest BCUT2D eigenvalue weighted by atomic mass is 10.5. The number of aromatic nitrogens is 2. The van der Waals surface area contributed by atoms with Crippen LogP contribution < -0.4 is 5.73 Å². The first-order valence-corrected chi connectivity index (χ1v) is 5.11. The summed E-state index contributed by atoms with van der Waals surface area (Å²) in [6.45, 7) is 2.69. The van der Waals surface area contributed by atoms with Crippen LogP contribution in [0.2, 0.25) is 0 Å². The lowest BCUT2D eigenvalue weighted by Crippen LogP contribution is -2.01. The number of rotatable bonds is 5. The van der Waals surface area contributed by atoms with E-state index in [1.165, 1.54) is 0 Å². The molecule has 0 radical (unpaired) electrons. The zero-order valence-electron chi connectivity index (χ0n) is 7.12. The van der Waals surface area contributed by atoms with Crippen LogP contribution in [0.15, 0.2) is 4.52 Å². The van der Waals surface area contributed by atoms with Gasteiger partial charge in [0.25, 0.3) is 0 Å². The highest BCUT2D eigenvalue weighted by Gasteiger charge is 2.02. The molecule has 4 nitrogen and oxygen atoms in total. The minimum Gasteiger partial charge on any atom is -0.339 e. The Morgan fingerprint density at radius 1 is 1.58 bits per heavy atom. The van der Waals surface area contributed by atoms with Gasteiger partial charge in [0, 0.05) is 18.7 Å². The number of nitrogens with zero attached hydrogens (tertiary/aromatic N) is 2. The van der Waals surface area contributed by atoms with Gasteiger partial charge in [0.15, 0.2) is 5.82 Å². The molecular weight excluding hydrogens is 174 g/mol. The van der Waals surface area contributed by atoms with Crippen molar-refractivity contribution in [1.29, 1.82) is 0 Å². The lowest BCUT2D eigenvalue weighted by Gasteiger charge is -1.91. The van der Waals surface area contributed by atoms with Crippen LogP contribution in [-0.2, 0) is 12.2 Å². The summed E-state index contributed by atoms with van der Waals surface area (Å²) in [4.78, 5) is 4.16. The highest BCUT2D eigenvalue weighted by Crippen LogP contribution is 2.08. The molecule has 1 heterocycles. The van der Waals surface area contributed by atoms with Gasteiger partial charge in [0.1, 0.15) is 0 Å². The monoisotopic (exact) mass is 187 g/mol. The Morgan fingerprint density at radius 2 is 2.42 bits per heavy atom. The fourth-order valence-electron chi connectivity index (χ4n) is 0.739. The molecule has 0 saturated carbocycles. The van der Waals surface area contributed by atoms with Gasteiger partial charge in [-0.25, -0.2) is 0 Å². The average Bonchev–Trinajstić information content (AvgIpc) is 2.53. The van der Waals surface area contributed by atoms with Crippen molar-refractivity contribution >= 4 is 11.8 Å². The smallest absolute Gasteiger partial charge is 0.226 e. The zero-order valence-corrected chi connectivity index (χ0v) is 7.93. The summed E-state index contributed by atoms with van der Waals surface area (Å²) in [6.07, 6.45) is 0.800. The summed E-state index contributed by atoms with van der Waals surface area (Å²) in [7, 11) is 0.